The molecule has 1 aliphatic heterocycles. The van der Waals surface area contributed by atoms with Gasteiger partial charge in [-0.3, -0.25) is 0 Å². The van der Waals surface area contributed by atoms with Crippen molar-refractivity contribution in [3.63, 3.8) is 0 Å². The molecule has 0 spiro atoms. The standard InChI is InChI=1S/C12H15BrFNO/c1-12(4-6-15-7-5-12)16-9-2-3-11(14)10(13)8-9/h2-3,8,15H,4-7H2,1H3. The fourth-order valence-corrected chi connectivity index (χ4v) is 2.24. The van der Waals surface area contributed by atoms with Gasteiger partial charge in [-0.2, -0.15) is 0 Å². The van der Waals surface area contributed by atoms with Crippen molar-refractivity contribution in [3.8, 4) is 5.75 Å². The molecule has 88 valence electrons. The minimum atomic E-state index is -0.261. The highest BCUT2D eigenvalue weighted by molar-refractivity contribution is 9.10. The Morgan fingerprint density at radius 3 is 2.69 bits per heavy atom. The molecule has 0 unspecified atom stereocenters. The lowest BCUT2D eigenvalue weighted by molar-refractivity contribution is 0.0554. The molecule has 1 aromatic rings. The molecule has 0 atom stereocenters. The third-order valence-corrected chi connectivity index (χ3v) is 3.52. The van der Waals surface area contributed by atoms with Gasteiger partial charge in [0.25, 0.3) is 0 Å². The van der Waals surface area contributed by atoms with Crippen molar-refractivity contribution in [1.29, 1.82) is 0 Å². The van der Waals surface area contributed by atoms with Gasteiger partial charge in [-0.15, -0.1) is 0 Å². The molecule has 0 bridgehead atoms. The van der Waals surface area contributed by atoms with Crippen LogP contribution in [0.15, 0.2) is 22.7 Å². The molecule has 0 aromatic heterocycles. The highest BCUT2D eigenvalue weighted by atomic mass is 79.9. The van der Waals surface area contributed by atoms with Crippen LogP contribution < -0.4 is 10.1 Å². The maximum absolute atomic E-state index is 13.1. The summed E-state index contributed by atoms with van der Waals surface area (Å²) in [4.78, 5) is 0. The van der Waals surface area contributed by atoms with Gasteiger partial charge in [-0.05, 0) is 67.0 Å². The molecule has 16 heavy (non-hydrogen) atoms. The lowest BCUT2D eigenvalue weighted by Crippen LogP contribution is -2.43. The second-order valence-corrected chi connectivity index (χ2v) is 5.23. The van der Waals surface area contributed by atoms with Gasteiger partial charge in [0.1, 0.15) is 17.2 Å². The van der Waals surface area contributed by atoms with Crippen molar-refractivity contribution in [3.05, 3.63) is 28.5 Å². The number of nitrogens with one attached hydrogen (secondary N) is 1. The topological polar surface area (TPSA) is 21.3 Å². The Kier molecular flexibility index (Phi) is 3.50. The van der Waals surface area contributed by atoms with E-state index in [2.05, 4.69) is 28.2 Å². The predicted octanol–water partition coefficient (Wildman–Crippen LogP) is 3.11. The normalized spacial score (nSPS) is 19.4. The summed E-state index contributed by atoms with van der Waals surface area (Å²) in [5.41, 5.74) is -0.136. The Hall–Kier alpha value is -0.610. The summed E-state index contributed by atoms with van der Waals surface area (Å²) in [6, 6.07) is 4.78. The SMILES string of the molecule is CC1(Oc2ccc(F)c(Br)c2)CCNCC1. The first-order valence-corrected chi connectivity index (χ1v) is 6.23. The lowest BCUT2D eigenvalue weighted by Gasteiger charge is -2.34. The molecule has 1 saturated heterocycles. The van der Waals surface area contributed by atoms with Crippen LogP contribution in [0.4, 0.5) is 4.39 Å². The fraction of sp³-hybridized carbons (Fsp3) is 0.500. The number of halogens is 2. The van der Waals surface area contributed by atoms with Gasteiger partial charge in [0, 0.05) is 0 Å². The first-order valence-electron chi connectivity index (χ1n) is 5.44. The Morgan fingerprint density at radius 2 is 2.06 bits per heavy atom. The number of hydrogen-bond acceptors (Lipinski definition) is 2. The quantitative estimate of drug-likeness (QED) is 0.903. The zero-order valence-corrected chi connectivity index (χ0v) is 10.8. The molecule has 0 aliphatic carbocycles. The van der Waals surface area contributed by atoms with Crippen LogP contribution in [0.25, 0.3) is 0 Å². The largest absolute Gasteiger partial charge is 0.487 e. The van der Waals surface area contributed by atoms with E-state index in [1.807, 2.05) is 0 Å². The first kappa shape index (κ1) is 11.9. The Morgan fingerprint density at radius 1 is 1.38 bits per heavy atom. The fourth-order valence-electron chi connectivity index (χ4n) is 1.88. The maximum atomic E-state index is 13.1. The third-order valence-electron chi connectivity index (χ3n) is 2.92. The van der Waals surface area contributed by atoms with E-state index in [0.29, 0.717) is 4.47 Å². The van der Waals surface area contributed by atoms with Gasteiger partial charge in [0.2, 0.25) is 0 Å². The monoisotopic (exact) mass is 287 g/mol. The molecular formula is C12H15BrFNO. The van der Waals surface area contributed by atoms with Gasteiger partial charge in [-0.1, -0.05) is 0 Å². The van der Waals surface area contributed by atoms with Crippen LogP contribution >= 0.6 is 15.9 Å². The smallest absolute Gasteiger partial charge is 0.137 e. The van der Waals surface area contributed by atoms with Gasteiger partial charge in [0.05, 0.1) is 4.47 Å². The van der Waals surface area contributed by atoms with Gasteiger partial charge < -0.3 is 10.1 Å². The summed E-state index contributed by atoms with van der Waals surface area (Å²) in [6.07, 6.45) is 1.95. The number of piperidine rings is 1. The van der Waals surface area contributed by atoms with E-state index in [1.165, 1.54) is 6.07 Å². The van der Waals surface area contributed by atoms with E-state index in [9.17, 15) is 4.39 Å². The van der Waals surface area contributed by atoms with Gasteiger partial charge >= 0.3 is 0 Å². The molecule has 1 heterocycles. The van der Waals surface area contributed by atoms with Crippen molar-refractivity contribution in [1.82, 2.24) is 5.32 Å². The van der Waals surface area contributed by atoms with Gasteiger partial charge in [-0.25, -0.2) is 4.39 Å². The van der Waals surface area contributed by atoms with Crippen LogP contribution in [0.2, 0.25) is 0 Å². The van der Waals surface area contributed by atoms with Crippen molar-refractivity contribution >= 4 is 15.9 Å². The van der Waals surface area contributed by atoms with Crippen LogP contribution in [0.1, 0.15) is 19.8 Å². The number of ether oxygens (including phenoxy) is 1. The molecule has 1 aliphatic rings. The molecule has 1 fully saturated rings. The van der Waals surface area contributed by atoms with Crippen molar-refractivity contribution in [2.24, 2.45) is 0 Å². The number of hydrogen-bond donors (Lipinski definition) is 1. The Labute approximate surface area is 103 Å². The predicted molar refractivity (Wildman–Crippen MR) is 65.2 cm³/mol. The van der Waals surface area contributed by atoms with Crippen molar-refractivity contribution < 1.29 is 9.13 Å². The first-order chi connectivity index (χ1) is 7.59. The zero-order valence-electron chi connectivity index (χ0n) is 9.22. The molecule has 0 radical (unpaired) electrons. The highest BCUT2D eigenvalue weighted by Crippen LogP contribution is 2.28. The molecule has 4 heteroatoms. The van der Waals surface area contributed by atoms with E-state index >= 15 is 0 Å². The van der Waals surface area contributed by atoms with Crippen LogP contribution in [0.5, 0.6) is 5.75 Å². The maximum Gasteiger partial charge on any atom is 0.137 e. The van der Waals surface area contributed by atoms with Crippen LogP contribution in [0.3, 0.4) is 0 Å². The van der Waals surface area contributed by atoms with E-state index in [1.54, 1.807) is 12.1 Å². The summed E-state index contributed by atoms with van der Waals surface area (Å²) in [6.45, 7) is 4.04. The average molecular weight is 288 g/mol. The van der Waals surface area contributed by atoms with Crippen LogP contribution in [-0.2, 0) is 0 Å². The Bertz CT molecular complexity index is 377. The summed E-state index contributed by atoms with van der Waals surface area (Å²) < 4.78 is 19.4. The van der Waals surface area contributed by atoms with Gasteiger partial charge in [0.15, 0.2) is 0 Å². The molecular weight excluding hydrogens is 273 g/mol. The number of benzene rings is 1. The molecule has 2 nitrogen and oxygen atoms in total. The van der Waals surface area contributed by atoms with E-state index < -0.39 is 0 Å². The van der Waals surface area contributed by atoms with Crippen LogP contribution in [0, 0.1) is 5.82 Å². The van der Waals surface area contributed by atoms with Crippen molar-refractivity contribution in [2.75, 3.05) is 13.1 Å². The summed E-state index contributed by atoms with van der Waals surface area (Å²) in [5.74, 6) is 0.459. The van der Waals surface area contributed by atoms with Crippen LogP contribution in [-0.4, -0.2) is 18.7 Å². The van der Waals surface area contributed by atoms with E-state index in [-0.39, 0.29) is 11.4 Å². The minimum Gasteiger partial charge on any atom is -0.487 e. The third kappa shape index (κ3) is 2.74. The van der Waals surface area contributed by atoms with E-state index in [4.69, 9.17) is 4.74 Å². The Balaban J connectivity index is 2.10. The van der Waals surface area contributed by atoms with Crippen molar-refractivity contribution in [2.45, 2.75) is 25.4 Å². The second-order valence-electron chi connectivity index (χ2n) is 4.38. The summed E-state index contributed by atoms with van der Waals surface area (Å²) >= 11 is 3.16. The number of rotatable bonds is 2. The molecule has 2 rings (SSSR count). The second kappa shape index (κ2) is 4.72. The molecule has 1 N–H and O–H groups in total. The highest BCUT2D eigenvalue weighted by Gasteiger charge is 2.28. The van der Waals surface area contributed by atoms with E-state index in [0.717, 1.165) is 31.7 Å². The lowest BCUT2D eigenvalue weighted by atomic mass is 9.94. The average Bonchev–Trinajstić information content (AvgIpc) is 2.24. The summed E-state index contributed by atoms with van der Waals surface area (Å²) in [7, 11) is 0. The molecule has 0 amide bonds. The minimum absolute atomic E-state index is 0.136. The zero-order chi connectivity index (χ0) is 11.6. The molecule has 0 saturated carbocycles. The summed E-state index contributed by atoms with van der Waals surface area (Å²) in [5, 5.41) is 3.30. The molecule has 1 aromatic carbocycles.